The highest BCUT2D eigenvalue weighted by atomic mass is 32.1. The summed E-state index contributed by atoms with van der Waals surface area (Å²) in [5.41, 5.74) is 7.49. The third kappa shape index (κ3) is 2.90. The van der Waals surface area contributed by atoms with Crippen molar-refractivity contribution in [1.29, 1.82) is 0 Å². The first-order valence-electron chi connectivity index (χ1n) is 7.94. The van der Waals surface area contributed by atoms with Crippen LogP contribution in [0.2, 0.25) is 0 Å². The Bertz CT molecular complexity index is 834. The highest BCUT2D eigenvalue weighted by molar-refractivity contribution is 7.21. The summed E-state index contributed by atoms with van der Waals surface area (Å²) in [5, 5.41) is 13.6. The number of nitrogens with two attached hydrogens (primary N) is 1. The first-order valence-corrected chi connectivity index (χ1v) is 8.75. The van der Waals surface area contributed by atoms with Gasteiger partial charge in [-0.15, -0.1) is 11.3 Å². The molecule has 0 aromatic carbocycles. The van der Waals surface area contributed by atoms with Gasteiger partial charge < -0.3 is 16.2 Å². The van der Waals surface area contributed by atoms with Crippen LogP contribution in [-0.4, -0.2) is 37.7 Å². The van der Waals surface area contributed by atoms with E-state index in [1.807, 2.05) is 6.07 Å². The Balaban J connectivity index is 1.68. The third-order valence-electron chi connectivity index (χ3n) is 4.37. The summed E-state index contributed by atoms with van der Waals surface area (Å²) in [6, 6.07) is 2.23. The first kappa shape index (κ1) is 15.2. The number of aliphatic hydroxyl groups excluding tert-OH is 1. The van der Waals surface area contributed by atoms with Gasteiger partial charge in [-0.3, -0.25) is 4.98 Å². The minimum absolute atomic E-state index is 0.237. The monoisotopic (exact) mass is 342 g/mol. The van der Waals surface area contributed by atoms with Crippen LogP contribution in [0.15, 0.2) is 24.7 Å². The fourth-order valence-electron chi connectivity index (χ4n) is 3.12. The highest BCUT2D eigenvalue weighted by Crippen LogP contribution is 2.35. The molecule has 0 radical (unpaired) electrons. The van der Waals surface area contributed by atoms with Gasteiger partial charge in [0.05, 0.1) is 16.5 Å². The molecule has 0 amide bonds. The molecule has 7 nitrogen and oxygen atoms in total. The van der Waals surface area contributed by atoms with Crippen LogP contribution in [0.1, 0.15) is 19.3 Å². The van der Waals surface area contributed by atoms with Crippen LogP contribution in [0.4, 0.5) is 11.8 Å². The Morgan fingerprint density at radius 2 is 2.21 bits per heavy atom. The van der Waals surface area contributed by atoms with Crippen molar-refractivity contribution in [1.82, 2.24) is 19.9 Å². The van der Waals surface area contributed by atoms with Crippen molar-refractivity contribution in [3.05, 3.63) is 24.7 Å². The molecule has 0 saturated heterocycles. The number of anilines is 2. The van der Waals surface area contributed by atoms with E-state index in [1.165, 1.54) is 0 Å². The number of thiazole rings is 1. The lowest BCUT2D eigenvalue weighted by atomic mass is 10.1. The first-order chi connectivity index (χ1) is 11.7. The van der Waals surface area contributed by atoms with E-state index in [-0.39, 0.29) is 18.6 Å². The van der Waals surface area contributed by atoms with Gasteiger partial charge >= 0.3 is 0 Å². The number of pyridine rings is 1. The molecule has 1 aliphatic carbocycles. The number of nitrogen functional groups attached to an aromatic ring is 1. The Kier molecular flexibility index (Phi) is 3.99. The number of fused-ring (bicyclic) bond motifs is 1. The van der Waals surface area contributed by atoms with Crippen molar-refractivity contribution in [2.24, 2.45) is 5.92 Å². The molecule has 0 aliphatic heterocycles. The molecule has 4 rings (SSSR count). The van der Waals surface area contributed by atoms with Crippen LogP contribution in [0.25, 0.3) is 20.8 Å². The van der Waals surface area contributed by atoms with Gasteiger partial charge in [0, 0.05) is 25.0 Å². The number of nitrogens with zero attached hydrogens (tertiary/aromatic N) is 4. The second-order valence-corrected chi connectivity index (χ2v) is 7.09. The molecule has 4 N–H and O–H groups in total. The maximum absolute atomic E-state index is 9.32. The SMILES string of the molecule is Nc1ncc(-c2nc3cnccc3s2)c(NC2CCC(CO)C2)n1. The van der Waals surface area contributed by atoms with E-state index in [0.29, 0.717) is 11.7 Å². The maximum atomic E-state index is 9.32. The molecule has 2 unspecified atom stereocenters. The lowest BCUT2D eigenvalue weighted by Gasteiger charge is -2.15. The van der Waals surface area contributed by atoms with Gasteiger partial charge in [-0.2, -0.15) is 4.98 Å². The number of hydrogen-bond donors (Lipinski definition) is 3. The van der Waals surface area contributed by atoms with E-state index in [9.17, 15) is 5.11 Å². The van der Waals surface area contributed by atoms with Crippen LogP contribution >= 0.6 is 11.3 Å². The summed E-state index contributed by atoms with van der Waals surface area (Å²) >= 11 is 1.58. The van der Waals surface area contributed by atoms with E-state index in [0.717, 1.165) is 40.1 Å². The topological polar surface area (TPSA) is 110 Å². The second-order valence-electron chi connectivity index (χ2n) is 6.06. The number of nitrogens with one attached hydrogen (secondary N) is 1. The van der Waals surface area contributed by atoms with Gasteiger partial charge in [-0.1, -0.05) is 0 Å². The van der Waals surface area contributed by atoms with Crippen LogP contribution in [-0.2, 0) is 0 Å². The lowest BCUT2D eigenvalue weighted by Crippen LogP contribution is -2.18. The van der Waals surface area contributed by atoms with E-state index < -0.39 is 0 Å². The summed E-state index contributed by atoms with van der Waals surface area (Å²) in [6.07, 6.45) is 8.20. The molecule has 1 saturated carbocycles. The standard InChI is InChI=1S/C16H18N6OS/c17-16-19-6-11(15-21-12-7-18-4-3-13(12)24-15)14(22-16)20-10-2-1-9(5-10)8-23/h3-4,6-7,9-10,23H,1-2,5,8H2,(H3,17,19,20,22). The minimum atomic E-state index is 0.237. The van der Waals surface area contributed by atoms with Gasteiger partial charge in [0.15, 0.2) is 0 Å². The van der Waals surface area contributed by atoms with Gasteiger partial charge in [0.1, 0.15) is 16.3 Å². The van der Waals surface area contributed by atoms with Gasteiger partial charge in [0.25, 0.3) is 0 Å². The normalized spacial score (nSPS) is 20.5. The van der Waals surface area contributed by atoms with Crippen molar-refractivity contribution in [3.8, 4) is 10.6 Å². The smallest absolute Gasteiger partial charge is 0.221 e. The van der Waals surface area contributed by atoms with Crippen LogP contribution in [0.3, 0.4) is 0 Å². The fraction of sp³-hybridized carbons (Fsp3) is 0.375. The fourth-order valence-corrected chi connectivity index (χ4v) is 4.07. The Morgan fingerprint density at radius 3 is 3.00 bits per heavy atom. The average Bonchev–Trinajstić information content (AvgIpc) is 3.21. The van der Waals surface area contributed by atoms with Crippen molar-refractivity contribution in [3.63, 3.8) is 0 Å². The summed E-state index contributed by atoms with van der Waals surface area (Å²) < 4.78 is 1.07. The number of rotatable bonds is 4. The molecular weight excluding hydrogens is 324 g/mol. The van der Waals surface area contributed by atoms with Crippen molar-refractivity contribution in [2.45, 2.75) is 25.3 Å². The molecule has 1 aliphatic rings. The third-order valence-corrected chi connectivity index (χ3v) is 5.44. The number of hydrogen-bond acceptors (Lipinski definition) is 8. The summed E-state index contributed by atoms with van der Waals surface area (Å²) in [6.45, 7) is 0.238. The quantitative estimate of drug-likeness (QED) is 0.667. The molecule has 2 atom stereocenters. The van der Waals surface area contributed by atoms with E-state index >= 15 is 0 Å². The van der Waals surface area contributed by atoms with Crippen molar-refractivity contribution >= 4 is 33.3 Å². The summed E-state index contributed by atoms with van der Waals surface area (Å²) in [5.74, 6) is 1.30. The van der Waals surface area contributed by atoms with Crippen LogP contribution < -0.4 is 11.1 Å². The predicted molar refractivity (Wildman–Crippen MR) is 94.7 cm³/mol. The van der Waals surface area contributed by atoms with E-state index in [4.69, 9.17) is 5.73 Å². The second kappa shape index (κ2) is 6.29. The molecule has 0 spiro atoms. The van der Waals surface area contributed by atoms with Gasteiger partial charge in [-0.05, 0) is 31.2 Å². The molecule has 24 heavy (non-hydrogen) atoms. The van der Waals surface area contributed by atoms with Gasteiger partial charge in [0.2, 0.25) is 5.95 Å². The average molecular weight is 342 g/mol. The maximum Gasteiger partial charge on any atom is 0.221 e. The summed E-state index contributed by atoms with van der Waals surface area (Å²) in [4.78, 5) is 17.3. The summed E-state index contributed by atoms with van der Waals surface area (Å²) in [7, 11) is 0. The molecule has 124 valence electrons. The molecule has 3 aromatic heterocycles. The van der Waals surface area contributed by atoms with E-state index in [2.05, 4.69) is 25.3 Å². The van der Waals surface area contributed by atoms with Crippen molar-refractivity contribution in [2.75, 3.05) is 17.7 Å². The zero-order valence-electron chi connectivity index (χ0n) is 13.0. The molecule has 3 aromatic rings. The zero-order valence-corrected chi connectivity index (χ0v) is 13.8. The van der Waals surface area contributed by atoms with Gasteiger partial charge in [-0.25, -0.2) is 9.97 Å². The number of aromatic nitrogens is 4. The van der Waals surface area contributed by atoms with E-state index in [1.54, 1.807) is 29.9 Å². The van der Waals surface area contributed by atoms with Crippen LogP contribution in [0.5, 0.6) is 0 Å². The Labute approximate surface area is 143 Å². The molecule has 3 heterocycles. The zero-order chi connectivity index (χ0) is 16.5. The van der Waals surface area contributed by atoms with Crippen LogP contribution in [0, 0.1) is 5.92 Å². The molecule has 8 heteroatoms. The highest BCUT2D eigenvalue weighted by Gasteiger charge is 2.25. The van der Waals surface area contributed by atoms with Crippen molar-refractivity contribution < 1.29 is 5.11 Å². The largest absolute Gasteiger partial charge is 0.396 e. The molecule has 1 fully saturated rings. The molecule has 0 bridgehead atoms. The predicted octanol–water partition coefficient (Wildman–Crippen LogP) is 2.30. The lowest BCUT2D eigenvalue weighted by molar-refractivity contribution is 0.229. The Morgan fingerprint density at radius 1 is 1.29 bits per heavy atom. The minimum Gasteiger partial charge on any atom is -0.396 e. The molecular formula is C16H18N6OS. The number of aliphatic hydroxyl groups is 1. The Hall–Kier alpha value is -2.32.